The maximum Gasteiger partial charge on any atom is 0.418 e. The summed E-state index contributed by atoms with van der Waals surface area (Å²) < 4.78 is 4.35. The molecule has 0 aliphatic rings. The van der Waals surface area contributed by atoms with E-state index in [4.69, 9.17) is 0 Å². The average molecular weight is 127 g/mol. The summed E-state index contributed by atoms with van der Waals surface area (Å²) in [6.45, 7) is 4.35. The van der Waals surface area contributed by atoms with E-state index in [1.807, 2.05) is 0 Å². The van der Waals surface area contributed by atoms with Gasteiger partial charge in [-0.25, -0.2) is 9.59 Å². The molecule has 0 bridgehead atoms. The normalized spacial score (nSPS) is 9.56. The van der Waals surface area contributed by atoms with E-state index in [1.54, 1.807) is 13.8 Å². The molecular weight excluding hydrogens is 120 g/mol. The van der Waals surface area contributed by atoms with Crippen molar-refractivity contribution in [3.05, 3.63) is 6.08 Å². The smallest absolute Gasteiger partial charge is 0.418 e. The Bertz CT molecular complexity index is 142. The van der Waals surface area contributed by atoms with E-state index in [-0.39, 0.29) is 0 Å². The van der Waals surface area contributed by atoms with Gasteiger partial charge in [-0.3, -0.25) is 0 Å². The molecule has 0 fully saturated rings. The molecule has 0 atom stereocenters. The summed E-state index contributed by atoms with van der Waals surface area (Å²) in [5, 5.41) is 0. The van der Waals surface area contributed by atoms with Crippen LogP contribution in [0.3, 0.4) is 0 Å². The molecule has 0 aromatic carbocycles. The van der Waals surface area contributed by atoms with E-state index in [0.717, 1.165) is 6.08 Å². The van der Waals surface area contributed by atoms with Gasteiger partial charge >= 0.3 is 6.47 Å². The van der Waals surface area contributed by atoms with Crippen LogP contribution in [0.25, 0.3) is 0 Å². The fraction of sp³-hybridized carbons (Fsp3) is 0.500. The van der Waals surface area contributed by atoms with E-state index in [1.165, 1.54) is 12.4 Å². The standard InChI is InChI=1S/C6H7O3/c1-6(2,3-4-7)9-5-8/h3H,1-2H3. The SMILES string of the molecule is CC(C)(C=C=O)O[C]=O. The number of hydrogen-bond donors (Lipinski definition) is 0. The summed E-state index contributed by atoms with van der Waals surface area (Å²) in [7, 11) is 0. The molecule has 49 valence electrons. The summed E-state index contributed by atoms with van der Waals surface area (Å²) >= 11 is 0. The van der Waals surface area contributed by atoms with Crippen LogP contribution in [-0.2, 0) is 14.3 Å². The van der Waals surface area contributed by atoms with Gasteiger partial charge in [-0.15, -0.1) is 0 Å². The van der Waals surface area contributed by atoms with Gasteiger partial charge in [-0.2, -0.15) is 0 Å². The molecule has 0 spiro atoms. The summed E-state index contributed by atoms with van der Waals surface area (Å²) in [4.78, 5) is 19.3. The Kier molecular flexibility index (Phi) is 2.68. The van der Waals surface area contributed by atoms with Gasteiger partial charge < -0.3 is 4.74 Å². The van der Waals surface area contributed by atoms with Gasteiger partial charge in [-0.05, 0) is 13.8 Å². The van der Waals surface area contributed by atoms with Crippen LogP contribution in [0.2, 0.25) is 0 Å². The van der Waals surface area contributed by atoms with Crippen molar-refractivity contribution in [2.45, 2.75) is 19.4 Å². The summed E-state index contributed by atoms with van der Waals surface area (Å²) in [5.41, 5.74) is -0.872. The highest BCUT2D eigenvalue weighted by molar-refractivity contribution is 5.49. The van der Waals surface area contributed by atoms with E-state index in [9.17, 15) is 9.59 Å². The molecule has 0 N–H and O–H groups in total. The van der Waals surface area contributed by atoms with E-state index < -0.39 is 5.60 Å². The lowest BCUT2D eigenvalue weighted by atomic mass is 10.1. The van der Waals surface area contributed by atoms with Crippen molar-refractivity contribution in [2.24, 2.45) is 0 Å². The zero-order valence-electron chi connectivity index (χ0n) is 5.30. The number of carbonyl (C=O) groups excluding carboxylic acids is 2. The molecule has 0 unspecified atom stereocenters. The minimum atomic E-state index is -0.872. The first kappa shape index (κ1) is 7.92. The topological polar surface area (TPSA) is 43.4 Å². The molecule has 0 saturated heterocycles. The van der Waals surface area contributed by atoms with Crippen LogP contribution in [0.1, 0.15) is 13.8 Å². The Balaban J connectivity index is 3.99. The van der Waals surface area contributed by atoms with Crippen molar-refractivity contribution < 1.29 is 14.3 Å². The van der Waals surface area contributed by atoms with Crippen molar-refractivity contribution >= 4 is 12.4 Å². The fourth-order valence-electron chi connectivity index (χ4n) is 0.279. The average Bonchev–Trinajstić information content (AvgIpc) is 1.64. The number of hydrogen-bond acceptors (Lipinski definition) is 3. The van der Waals surface area contributed by atoms with Crippen LogP contribution >= 0.6 is 0 Å². The molecule has 0 saturated carbocycles. The molecular formula is C6H7O3. The van der Waals surface area contributed by atoms with Crippen LogP contribution in [0.15, 0.2) is 6.08 Å². The van der Waals surface area contributed by atoms with Gasteiger partial charge in [0.1, 0.15) is 11.5 Å². The highest BCUT2D eigenvalue weighted by Gasteiger charge is 2.14. The third-order valence-corrected chi connectivity index (χ3v) is 0.711. The van der Waals surface area contributed by atoms with Crippen LogP contribution in [-0.4, -0.2) is 18.0 Å². The maximum atomic E-state index is 9.70. The Morgan fingerprint density at radius 1 is 1.44 bits per heavy atom. The molecule has 0 aromatic rings. The maximum absolute atomic E-state index is 9.70. The quantitative estimate of drug-likeness (QED) is 0.510. The Hall–Kier alpha value is -1.08. The lowest BCUT2D eigenvalue weighted by Crippen LogP contribution is -2.20. The van der Waals surface area contributed by atoms with E-state index in [0.29, 0.717) is 0 Å². The highest BCUT2D eigenvalue weighted by atomic mass is 16.5. The summed E-state index contributed by atoms with van der Waals surface area (Å²) in [6, 6.07) is 0. The molecule has 1 radical (unpaired) electrons. The molecule has 0 rings (SSSR count). The van der Waals surface area contributed by atoms with Gasteiger partial charge in [0, 0.05) is 6.08 Å². The molecule has 3 nitrogen and oxygen atoms in total. The lowest BCUT2D eigenvalue weighted by molar-refractivity contribution is 0.139. The van der Waals surface area contributed by atoms with Crippen molar-refractivity contribution in [3.8, 4) is 0 Å². The largest absolute Gasteiger partial charge is 0.446 e. The lowest BCUT2D eigenvalue weighted by Gasteiger charge is -2.13. The molecule has 9 heavy (non-hydrogen) atoms. The van der Waals surface area contributed by atoms with Crippen LogP contribution in [0.5, 0.6) is 0 Å². The highest BCUT2D eigenvalue weighted by Crippen LogP contribution is 2.06. The first-order valence-corrected chi connectivity index (χ1v) is 2.39. The Morgan fingerprint density at radius 2 is 2.00 bits per heavy atom. The van der Waals surface area contributed by atoms with E-state index in [2.05, 4.69) is 4.74 Å². The zero-order valence-corrected chi connectivity index (χ0v) is 5.30. The number of rotatable bonds is 3. The van der Waals surface area contributed by atoms with Crippen molar-refractivity contribution in [1.82, 2.24) is 0 Å². The van der Waals surface area contributed by atoms with Crippen molar-refractivity contribution in [1.29, 1.82) is 0 Å². The predicted molar refractivity (Wildman–Crippen MR) is 31.1 cm³/mol. The van der Waals surface area contributed by atoms with Gasteiger partial charge in [0.2, 0.25) is 0 Å². The van der Waals surface area contributed by atoms with Crippen LogP contribution < -0.4 is 0 Å². The minimum absolute atomic E-state index is 0.872. The summed E-state index contributed by atoms with van der Waals surface area (Å²) in [6.07, 6.45) is 1.11. The number of ether oxygens (including phenoxy) is 1. The Morgan fingerprint density at radius 3 is 2.33 bits per heavy atom. The Labute approximate surface area is 53.3 Å². The molecule has 0 heterocycles. The second-order valence-corrected chi connectivity index (χ2v) is 2.05. The summed E-state index contributed by atoms with van der Waals surface area (Å²) in [5.74, 6) is 1.51. The van der Waals surface area contributed by atoms with E-state index >= 15 is 0 Å². The van der Waals surface area contributed by atoms with Gasteiger partial charge in [0.25, 0.3) is 0 Å². The third-order valence-electron chi connectivity index (χ3n) is 0.711. The second-order valence-electron chi connectivity index (χ2n) is 2.05. The van der Waals surface area contributed by atoms with Crippen LogP contribution in [0.4, 0.5) is 0 Å². The monoisotopic (exact) mass is 127 g/mol. The molecule has 3 heteroatoms. The third kappa shape index (κ3) is 3.50. The molecule has 0 aliphatic carbocycles. The van der Waals surface area contributed by atoms with Crippen LogP contribution in [0, 0.1) is 0 Å². The van der Waals surface area contributed by atoms with Gasteiger partial charge in [-0.1, -0.05) is 0 Å². The molecule has 0 amide bonds. The first-order chi connectivity index (χ1) is 4.12. The second kappa shape index (κ2) is 3.05. The fourth-order valence-corrected chi connectivity index (χ4v) is 0.279. The van der Waals surface area contributed by atoms with Gasteiger partial charge in [0.05, 0.1) is 0 Å². The predicted octanol–water partition coefficient (Wildman–Crippen LogP) is 0.237. The van der Waals surface area contributed by atoms with Crippen molar-refractivity contribution in [2.75, 3.05) is 0 Å². The minimum Gasteiger partial charge on any atom is -0.446 e. The first-order valence-electron chi connectivity index (χ1n) is 2.39. The zero-order chi connectivity index (χ0) is 7.33. The molecule has 0 aromatic heterocycles. The van der Waals surface area contributed by atoms with Crippen molar-refractivity contribution in [3.63, 3.8) is 0 Å². The van der Waals surface area contributed by atoms with Gasteiger partial charge in [0.15, 0.2) is 0 Å². The molecule has 0 aliphatic heterocycles.